The second-order valence-corrected chi connectivity index (χ2v) is 6.91. The van der Waals surface area contributed by atoms with Crippen molar-refractivity contribution in [3.8, 4) is 11.5 Å². The van der Waals surface area contributed by atoms with Crippen molar-refractivity contribution in [1.29, 1.82) is 0 Å². The predicted octanol–water partition coefficient (Wildman–Crippen LogP) is 3.91. The summed E-state index contributed by atoms with van der Waals surface area (Å²) >= 11 is 0. The molecule has 0 unspecified atom stereocenters. The van der Waals surface area contributed by atoms with Crippen molar-refractivity contribution in [2.75, 3.05) is 26.4 Å². The van der Waals surface area contributed by atoms with Crippen molar-refractivity contribution in [2.24, 2.45) is 0 Å². The Bertz CT molecular complexity index is 893. The summed E-state index contributed by atoms with van der Waals surface area (Å²) in [5.74, 6) is 0.0521. The van der Waals surface area contributed by atoms with E-state index in [0.717, 1.165) is 0 Å². The lowest BCUT2D eigenvalue weighted by Crippen LogP contribution is -2.12. The van der Waals surface area contributed by atoms with E-state index < -0.39 is 11.9 Å². The second kappa shape index (κ2) is 12.1. The van der Waals surface area contributed by atoms with Crippen LogP contribution in [-0.4, -0.2) is 44.1 Å². The first-order chi connectivity index (χ1) is 15.3. The van der Waals surface area contributed by atoms with Crippen LogP contribution in [0.4, 0.5) is 0 Å². The lowest BCUT2D eigenvalue weighted by Gasteiger charge is -2.09. The molecule has 32 heavy (non-hydrogen) atoms. The fourth-order valence-corrected chi connectivity index (χ4v) is 2.41. The summed E-state index contributed by atoms with van der Waals surface area (Å²) in [5, 5.41) is 0. The standard InChI is InChI=1S/C25H26O7/c1-17(2)24(27)31-15-13-29-21-9-5-19(6-10-21)23(26)20-7-11-22(12-8-20)30-14-16-32-25(28)18(3)4/h5-12H,1,3,13-16H2,2,4H3. The number of rotatable bonds is 12. The smallest absolute Gasteiger partial charge is 0.333 e. The highest BCUT2D eigenvalue weighted by Crippen LogP contribution is 2.18. The Kier molecular flexibility index (Phi) is 9.22. The molecule has 0 radical (unpaired) electrons. The molecule has 7 heteroatoms. The molecule has 0 saturated carbocycles. The average Bonchev–Trinajstić information content (AvgIpc) is 2.79. The Morgan fingerprint density at radius 2 is 0.969 bits per heavy atom. The molecule has 0 aliphatic heterocycles. The molecule has 0 spiro atoms. The molecule has 0 aromatic heterocycles. The fourth-order valence-electron chi connectivity index (χ4n) is 2.41. The third kappa shape index (κ3) is 7.75. The molecule has 2 aromatic carbocycles. The van der Waals surface area contributed by atoms with Gasteiger partial charge < -0.3 is 18.9 Å². The Hall–Kier alpha value is -3.87. The minimum absolute atomic E-state index is 0.108. The van der Waals surface area contributed by atoms with Crippen LogP contribution in [0.25, 0.3) is 0 Å². The maximum Gasteiger partial charge on any atom is 0.333 e. The van der Waals surface area contributed by atoms with Crippen molar-refractivity contribution in [2.45, 2.75) is 13.8 Å². The van der Waals surface area contributed by atoms with Crippen molar-refractivity contribution >= 4 is 17.7 Å². The molecule has 0 atom stereocenters. The van der Waals surface area contributed by atoms with Crippen LogP contribution < -0.4 is 9.47 Å². The second-order valence-electron chi connectivity index (χ2n) is 6.91. The van der Waals surface area contributed by atoms with E-state index in [4.69, 9.17) is 18.9 Å². The zero-order valence-corrected chi connectivity index (χ0v) is 18.2. The van der Waals surface area contributed by atoms with Gasteiger partial charge in [-0.05, 0) is 62.4 Å². The lowest BCUT2D eigenvalue weighted by atomic mass is 10.0. The Morgan fingerprint density at radius 3 is 1.28 bits per heavy atom. The molecule has 0 aliphatic rings. The zero-order chi connectivity index (χ0) is 23.5. The van der Waals surface area contributed by atoms with Gasteiger partial charge in [-0.2, -0.15) is 0 Å². The summed E-state index contributed by atoms with van der Waals surface area (Å²) in [6.45, 7) is 10.8. The highest BCUT2D eigenvalue weighted by atomic mass is 16.6. The van der Waals surface area contributed by atoms with Gasteiger partial charge in [0.2, 0.25) is 0 Å². The van der Waals surface area contributed by atoms with Gasteiger partial charge in [-0.25, -0.2) is 9.59 Å². The molecular weight excluding hydrogens is 412 g/mol. The van der Waals surface area contributed by atoms with Gasteiger partial charge in [-0.15, -0.1) is 0 Å². The van der Waals surface area contributed by atoms with Gasteiger partial charge in [-0.3, -0.25) is 4.79 Å². The third-order valence-electron chi connectivity index (χ3n) is 4.10. The number of hydrogen-bond donors (Lipinski definition) is 0. The fraction of sp³-hybridized carbons (Fsp3) is 0.240. The number of benzene rings is 2. The average molecular weight is 438 g/mol. The van der Waals surface area contributed by atoms with Gasteiger partial charge >= 0.3 is 11.9 Å². The van der Waals surface area contributed by atoms with Crippen LogP contribution in [0.1, 0.15) is 29.8 Å². The highest BCUT2D eigenvalue weighted by molar-refractivity contribution is 6.09. The largest absolute Gasteiger partial charge is 0.490 e. The molecule has 2 rings (SSSR count). The van der Waals surface area contributed by atoms with Crippen molar-refractivity contribution in [3.05, 3.63) is 84.0 Å². The van der Waals surface area contributed by atoms with Gasteiger partial charge in [0.1, 0.15) is 37.9 Å². The number of ketones is 1. The minimum Gasteiger partial charge on any atom is -0.490 e. The summed E-state index contributed by atoms with van der Waals surface area (Å²) in [5.41, 5.74) is 1.67. The van der Waals surface area contributed by atoms with Gasteiger partial charge in [0.05, 0.1) is 0 Å². The molecule has 0 amide bonds. The summed E-state index contributed by atoms with van der Waals surface area (Å²) in [4.78, 5) is 35.3. The van der Waals surface area contributed by atoms with Crippen LogP contribution in [0.5, 0.6) is 11.5 Å². The van der Waals surface area contributed by atoms with Crippen molar-refractivity contribution < 1.29 is 33.3 Å². The maximum absolute atomic E-state index is 12.7. The van der Waals surface area contributed by atoms with E-state index in [2.05, 4.69) is 13.2 Å². The van der Waals surface area contributed by atoms with Gasteiger partial charge in [0, 0.05) is 22.3 Å². The van der Waals surface area contributed by atoms with E-state index in [-0.39, 0.29) is 32.2 Å². The summed E-state index contributed by atoms with van der Waals surface area (Å²) in [6, 6.07) is 13.4. The molecule has 0 N–H and O–H groups in total. The van der Waals surface area contributed by atoms with E-state index in [1.807, 2.05) is 0 Å². The van der Waals surface area contributed by atoms with Crippen LogP contribution in [0.2, 0.25) is 0 Å². The van der Waals surface area contributed by atoms with Crippen LogP contribution >= 0.6 is 0 Å². The van der Waals surface area contributed by atoms with E-state index in [1.54, 1.807) is 62.4 Å². The zero-order valence-electron chi connectivity index (χ0n) is 18.2. The third-order valence-corrected chi connectivity index (χ3v) is 4.10. The SMILES string of the molecule is C=C(C)C(=O)OCCOc1ccc(C(=O)c2ccc(OCCOC(=O)C(=C)C)cc2)cc1. The predicted molar refractivity (Wildman–Crippen MR) is 119 cm³/mol. The first kappa shape index (κ1) is 24.4. The number of hydrogen-bond acceptors (Lipinski definition) is 7. The number of carbonyl (C=O) groups excluding carboxylic acids is 3. The Balaban J connectivity index is 1.81. The van der Waals surface area contributed by atoms with Crippen LogP contribution in [0.3, 0.4) is 0 Å². The molecule has 0 bridgehead atoms. The molecule has 7 nitrogen and oxygen atoms in total. The van der Waals surface area contributed by atoms with E-state index in [0.29, 0.717) is 33.8 Å². The summed E-state index contributed by atoms with van der Waals surface area (Å²) in [7, 11) is 0. The van der Waals surface area contributed by atoms with Crippen molar-refractivity contribution in [3.63, 3.8) is 0 Å². The Morgan fingerprint density at radius 1 is 0.625 bits per heavy atom. The van der Waals surface area contributed by atoms with E-state index >= 15 is 0 Å². The molecule has 0 saturated heterocycles. The normalized spacial score (nSPS) is 10.1. The molecular formula is C25H26O7. The molecule has 0 aliphatic carbocycles. The van der Waals surface area contributed by atoms with Crippen LogP contribution in [-0.2, 0) is 19.1 Å². The molecule has 0 fully saturated rings. The first-order valence-electron chi connectivity index (χ1n) is 9.93. The monoisotopic (exact) mass is 438 g/mol. The summed E-state index contributed by atoms with van der Waals surface area (Å²) in [6.07, 6.45) is 0. The van der Waals surface area contributed by atoms with Gasteiger partial charge in [0.15, 0.2) is 5.78 Å². The molecule has 168 valence electrons. The van der Waals surface area contributed by atoms with Crippen LogP contribution in [0, 0.1) is 0 Å². The van der Waals surface area contributed by atoms with E-state index in [1.165, 1.54) is 0 Å². The topological polar surface area (TPSA) is 88.1 Å². The van der Waals surface area contributed by atoms with Gasteiger partial charge in [-0.1, -0.05) is 13.2 Å². The number of ether oxygens (including phenoxy) is 4. The quantitative estimate of drug-likeness (QED) is 0.215. The number of carbonyl (C=O) groups is 3. The number of esters is 2. The molecule has 2 aromatic rings. The minimum atomic E-state index is -0.461. The molecule has 0 heterocycles. The Labute approximate surface area is 187 Å². The highest BCUT2D eigenvalue weighted by Gasteiger charge is 2.10. The van der Waals surface area contributed by atoms with Crippen LogP contribution in [0.15, 0.2) is 72.8 Å². The maximum atomic E-state index is 12.7. The van der Waals surface area contributed by atoms with Gasteiger partial charge in [0.25, 0.3) is 0 Å². The first-order valence-corrected chi connectivity index (χ1v) is 9.93. The van der Waals surface area contributed by atoms with Crippen molar-refractivity contribution in [1.82, 2.24) is 0 Å². The summed E-state index contributed by atoms with van der Waals surface area (Å²) < 4.78 is 20.9. The lowest BCUT2D eigenvalue weighted by molar-refractivity contribution is -0.140. The van der Waals surface area contributed by atoms with E-state index in [9.17, 15) is 14.4 Å².